The molecule has 0 bridgehead atoms. The molecule has 2 atom stereocenters. The molecule has 2 aromatic rings. The summed E-state index contributed by atoms with van der Waals surface area (Å²) in [5, 5.41) is 20.5. The van der Waals surface area contributed by atoms with Gasteiger partial charge in [-0.1, -0.05) is 18.6 Å². The van der Waals surface area contributed by atoms with Crippen LogP contribution >= 0.6 is 0 Å². The quantitative estimate of drug-likeness (QED) is 0.657. The Morgan fingerprint density at radius 2 is 1.04 bits per heavy atom. The van der Waals surface area contributed by atoms with Crippen molar-refractivity contribution in [1.82, 2.24) is 0 Å². The number of hydrogen-bond acceptors (Lipinski definition) is 2. The Hall–Kier alpha value is -1.96. The second kappa shape index (κ2) is 6.98. The van der Waals surface area contributed by atoms with Gasteiger partial charge in [0, 0.05) is 0 Å². The van der Waals surface area contributed by atoms with Gasteiger partial charge in [-0.05, 0) is 117 Å². The second-order valence-electron chi connectivity index (χ2n) is 8.32. The van der Waals surface area contributed by atoms with E-state index < -0.39 is 0 Å². The van der Waals surface area contributed by atoms with Crippen LogP contribution in [0.2, 0.25) is 0 Å². The molecule has 2 unspecified atom stereocenters. The zero-order valence-electron chi connectivity index (χ0n) is 17.0. The van der Waals surface area contributed by atoms with Crippen molar-refractivity contribution in [3.8, 4) is 11.5 Å². The van der Waals surface area contributed by atoms with E-state index in [4.69, 9.17) is 0 Å². The predicted octanol–water partition coefficient (Wildman–Crippen LogP) is 6.39. The first-order chi connectivity index (χ1) is 12.2. The van der Waals surface area contributed by atoms with E-state index in [-0.39, 0.29) is 0 Å². The lowest BCUT2D eigenvalue weighted by Crippen LogP contribution is -2.16. The molecule has 0 aliphatic heterocycles. The third kappa shape index (κ3) is 3.11. The van der Waals surface area contributed by atoms with Gasteiger partial charge in [-0.2, -0.15) is 0 Å². The Bertz CT molecular complexity index is 779. The predicted molar refractivity (Wildman–Crippen MR) is 109 cm³/mol. The standard InChI is InChI=1S/C24H32O2/c1-13-10-21(15(3)17(5)23(13)25)19-8-7-9-20(12-19)22-11-14(2)24(26)18(6)16(22)4/h10-11,19-20,25-26H,7-9,12H2,1-6H3. The van der Waals surface area contributed by atoms with Crippen molar-refractivity contribution in [3.05, 3.63) is 56.6 Å². The summed E-state index contributed by atoms with van der Waals surface area (Å²) < 4.78 is 0. The maximum atomic E-state index is 10.2. The summed E-state index contributed by atoms with van der Waals surface area (Å²) in [4.78, 5) is 0. The molecule has 3 rings (SSSR count). The van der Waals surface area contributed by atoms with Crippen molar-refractivity contribution in [2.75, 3.05) is 0 Å². The molecule has 2 heteroatoms. The van der Waals surface area contributed by atoms with Crippen LogP contribution in [0.3, 0.4) is 0 Å². The van der Waals surface area contributed by atoms with Crippen LogP contribution in [0.5, 0.6) is 11.5 Å². The van der Waals surface area contributed by atoms with Crippen LogP contribution in [0.4, 0.5) is 0 Å². The summed E-state index contributed by atoms with van der Waals surface area (Å²) >= 11 is 0. The summed E-state index contributed by atoms with van der Waals surface area (Å²) in [7, 11) is 0. The zero-order valence-corrected chi connectivity index (χ0v) is 17.0. The summed E-state index contributed by atoms with van der Waals surface area (Å²) in [5.41, 5.74) is 9.32. The van der Waals surface area contributed by atoms with Gasteiger partial charge in [-0.3, -0.25) is 0 Å². The van der Waals surface area contributed by atoms with Crippen LogP contribution in [0.25, 0.3) is 0 Å². The summed E-state index contributed by atoms with van der Waals surface area (Å²) in [5.74, 6) is 1.97. The van der Waals surface area contributed by atoms with Crippen molar-refractivity contribution < 1.29 is 10.2 Å². The molecule has 1 fully saturated rings. The Kier molecular flexibility index (Phi) is 5.05. The molecule has 140 valence electrons. The molecule has 1 aliphatic carbocycles. The highest BCUT2D eigenvalue weighted by atomic mass is 16.3. The van der Waals surface area contributed by atoms with Crippen LogP contribution in [-0.4, -0.2) is 10.2 Å². The highest BCUT2D eigenvalue weighted by Crippen LogP contribution is 2.45. The normalized spacial score (nSPS) is 20.4. The van der Waals surface area contributed by atoms with Gasteiger partial charge in [-0.25, -0.2) is 0 Å². The van der Waals surface area contributed by atoms with E-state index in [9.17, 15) is 10.2 Å². The van der Waals surface area contributed by atoms with Gasteiger partial charge < -0.3 is 10.2 Å². The number of aryl methyl sites for hydroxylation is 2. The van der Waals surface area contributed by atoms with E-state index in [1.165, 1.54) is 41.5 Å². The van der Waals surface area contributed by atoms with Crippen molar-refractivity contribution >= 4 is 0 Å². The molecule has 0 aromatic heterocycles. The molecule has 26 heavy (non-hydrogen) atoms. The average molecular weight is 353 g/mol. The lowest BCUT2D eigenvalue weighted by Gasteiger charge is -2.33. The Labute approximate surface area is 157 Å². The number of benzene rings is 2. The Balaban J connectivity index is 1.97. The van der Waals surface area contributed by atoms with Crippen LogP contribution < -0.4 is 0 Å². The van der Waals surface area contributed by atoms with Gasteiger partial charge in [0.1, 0.15) is 11.5 Å². The van der Waals surface area contributed by atoms with Crippen LogP contribution in [-0.2, 0) is 0 Å². The average Bonchev–Trinajstić information content (AvgIpc) is 2.64. The molecular weight excluding hydrogens is 320 g/mol. The monoisotopic (exact) mass is 352 g/mol. The zero-order chi connectivity index (χ0) is 19.2. The van der Waals surface area contributed by atoms with Gasteiger partial charge >= 0.3 is 0 Å². The first kappa shape index (κ1) is 18.8. The van der Waals surface area contributed by atoms with Gasteiger partial charge in [0.05, 0.1) is 0 Å². The molecule has 2 nitrogen and oxygen atoms in total. The van der Waals surface area contributed by atoms with E-state index in [0.29, 0.717) is 23.3 Å². The molecule has 0 spiro atoms. The highest BCUT2D eigenvalue weighted by Gasteiger charge is 2.28. The molecule has 1 saturated carbocycles. The smallest absolute Gasteiger partial charge is 0.121 e. The number of phenols is 2. The van der Waals surface area contributed by atoms with Crippen LogP contribution in [0, 0.1) is 41.5 Å². The maximum Gasteiger partial charge on any atom is 0.121 e. The molecular formula is C24H32O2. The molecule has 2 aromatic carbocycles. The molecule has 1 aliphatic rings. The van der Waals surface area contributed by atoms with Crippen LogP contribution in [0.1, 0.15) is 82.0 Å². The summed E-state index contributed by atoms with van der Waals surface area (Å²) in [6.45, 7) is 12.3. The molecule has 0 amide bonds. The number of hydrogen-bond donors (Lipinski definition) is 2. The lowest BCUT2D eigenvalue weighted by atomic mass is 9.72. The largest absolute Gasteiger partial charge is 0.507 e. The SMILES string of the molecule is Cc1cc(C2CCCC(c3cc(C)c(O)c(C)c3C)C2)c(C)c(C)c1O. The van der Waals surface area contributed by atoms with E-state index in [1.807, 2.05) is 27.7 Å². The van der Waals surface area contributed by atoms with Crippen molar-refractivity contribution in [2.45, 2.75) is 79.1 Å². The minimum atomic E-state index is 0.444. The number of rotatable bonds is 2. The van der Waals surface area contributed by atoms with Gasteiger partial charge in [0.15, 0.2) is 0 Å². The van der Waals surface area contributed by atoms with E-state index in [1.54, 1.807) is 0 Å². The van der Waals surface area contributed by atoms with Crippen molar-refractivity contribution in [3.63, 3.8) is 0 Å². The topological polar surface area (TPSA) is 40.5 Å². The van der Waals surface area contributed by atoms with E-state index in [2.05, 4.69) is 26.0 Å². The third-order valence-electron chi connectivity index (χ3n) is 6.75. The minimum absolute atomic E-state index is 0.444. The summed E-state index contributed by atoms with van der Waals surface area (Å²) in [6, 6.07) is 4.40. The molecule has 0 heterocycles. The highest BCUT2D eigenvalue weighted by molar-refractivity contribution is 5.51. The maximum absolute atomic E-state index is 10.2. The fourth-order valence-corrected chi connectivity index (χ4v) is 4.80. The third-order valence-corrected chi connectivity index (χ3v) is 6.75. The minimum Gasteiger partial charge on any atom is -0.507 e. The first-order valence-electron chi connectivity index (χ1n) is 9.81. The van der Waals surface area contributed by atoms with Crippen molar-refractivity contribution in [2.24, 2.45) is 0 Å². The van der Waals surface area contributed by atoms with Gasteiger partial charge in [0.2, 0.25) is 0 Å². The lowest BCUT2D eigenvalue weighted by molar-refractivity contribution is 0.390. The van der Waals surface area contributed by atoms with E-state index in [0.717, 1.165) is 28.7 Å². The van der Waals surface area contributed by atoms with Gasteiger partial charge in [-0.15, -0.1) is 0 Å². The second-order valence-corrected chi connectivity index (χ2v) is 8.32. The molecule has 2 N–H and O–H groups in total. The number of aromatic hydroxyl groups is 2. The molecule has 0 saturated heterocycles. The molecule has 0 radical (unpaired) electrons. The summed E-state index contributed by atoms with van der Waals surface area (Å²) in [6.07, 6.45) is 4.81. The number of phenolic OH excluding ortho intramolecular Hbond substituents is 2. The first-order valence-corrected chi connectivity index (χ1v) is 9.81. The Morgan fingerprint density at radius 3 is 1.42 bits per heavy atom. The van der Waals surface area contributed by atoms with Gasteiger partial charge in [0.25, 0.3) is 0 Å². The van der Waals surface area contributed by atoms with E-state index >= 15 is 0 Å². The fourth-order valence-electron chi connectivity index (χ4n) is 4.80. The van der Waals surface area contributed by atoms with Crippen molar-refractivity contribution in [1.29, 1.82) is 0 Å². The van der Waals surface area contributed by atoms with Crippen LogP contribution in [0.15, 0.2) is 12.1 Å². The fraction of sp³-hybridized carbons (Fsp3) is 0.500. The Morgan fingerprint density at radius 1 is 0.654 bits per heavy atom.